The Labute approximate surface area is 141 Å². The van der Waals surface area contributed by atoms with E-state index in [0.717, 1.165) is 16.0 Å². The number of nitrogens with zero attached hydrogens (tertiary/aromatic N) is 1. The van der Waals surface area contributed by atoms with Crippen molar-refractivity contribution >= 4 is 28.3 Å². The Hall–Kier alpha value is -2.93. The number of rotatable bonds is 5. The minimum atomic E-state index is -1.10. The maximum Gasteiger partial charge on any atom is 0.371 e. The van der Waals surface area contributed by atoms with E-state index < -0.39 is 5.97 Å². The van der Waals surface area contributed by atoms with Crippen molar-refractivity contribution in [3.8, 4) is 11.3 Å². The van der Waals surface area contributed by atoms with E-state index in [1.54, 1.807) is 24.4 Å². The van der Waals surface area contributed by atoms with Crippen LogP contribution in [0, 0.1) is 6.92 Å². The fraction of sp³-hybridized carbons (Fsp3) is 0.118. The number of carboxylic acid groups (broad SMARTS) is 1. The third-order valence-corrected chi connectivity index (χ3v) is 4.12. The molecule has 0 unspecified atom stereocenters. The average molecular weight is 342 g/mol. The second-order valence-electron chi connectivity index (χ2n) is 5.17. The lowest BCUT2D eigenvalue weighted by molar-refractivity contribution is -0.115. The van der Waals surface area contributed by atoms with Gasteiger partial charge in [-0.2, -0.15) is 0 Å². The fourth-order valence-corrected chi connectivity index (χ4v) is 2.84. The number of hydrogen-bond acceptors (Lipinski definition) is 5. The van der Waals surface area contributed by atoms with Crippen molar-refractivity contribution in [3.05, 3.63) is 58.8 Å². The van der Waals surface area contributed by atoms with E-state index in [0.29, 0.717) is 10.9 Å². The summed E-state index contributed by atoms with van der Waals surface area (Å²) in [5, 5.41) is 12.2. The van der Waals surface area contributed by atoms with Crippen LogP contribution in [0.4, 0.5) is 5.13 Å². The van der Waals surface area contributed by atoms with Gasteiger partial charge < -0.3 is 14.8 Å². The number of anilines is 1. The van der Waals surface area contributed by atoms with Gasteiger partial charge in [0.1, 0.15) is 5.76 Å². The number of thiazole rings is 1. The Kier molecular flexibility index (Phi) is 4.43. The zero-order chi connectivity index (χ0) is 17.1. The highest BCUT2D eigenvalue weighted by Crippen LogP contribution is 2.23. The Balaban J connectivity index is 1.65. The average Bonchev–Trinajstić information content (AvgIpc) is 3.17. The molecule has 3 aromatic rings. The summed E-state index contributed by atoms with van der Waals surface area (Å²) in [6, 6.07) is 10.2. The van der Waals surface area contributed by atoms with Gasteiger partial charge in [-0.15, -0.1) is 11.3 Å². The lowest BCUT2D eigenvalue weighted by atomic mass is 10.1. The van der Waals surface area contributed by atoms with E-state index >= 15 is 0 Å². The molecule has 0 radical (unpaired) electrons. The molecule has 3 rings (SSSR count). The summed E-state index contributed by atoms with van der Waals surface area (Å²) >= 11 is 1.43. The second kappa shape index (κ2) is 6.67. The first-order valence-corrected chi connectivity index (χ1v) is 7.97. The van der Waals surface area contributed by atoms with Crippen LogP contribution in [-0.2, 0) is 11.2 Å². The Morgan fingerprint density at radius 2 is 1.96 bits per heavy atom. The van der Waals surface area contributed by atoms with Gasteiger partial charge in [-0.05, 0) is 24.6 Å². The topological polar surface area (TPSA) is 92.4 Å². The summed E-state index contributed by atoms with van der Waals surface area (Å²) in [5.41, 5.74) is 1.59. The highest BCUT2D eigenvalue weighted by atomic mass is 32.1. The summed E-state index contributed by atoms with van der Waals surface area (Å²) in [6.45, 7) is 1.93. The number of aromatic carboxylic acids is 1. The van der Waals surface area contributed by atoms with Crippen LogP contribution in [0.15, 0.2) is 47.0 Å². The van der Waals surface area contributed by atoms with Gasteiger partial charge in [0.15, 0.2) is 5.13 Å². The van der Waals surface area contributed by atoms with Gasteiger partial charge in [-0.3, -0.25) is 4.79 Å². The molecule has 2 heterocycles. The largest absolute Gasteiger partial charge is 0.475 e. The van der Waals surface area contributed by atoms with E-state index in [1.165, 1.54) is 17.4 Å². The lowest BCUT2D eigenvalue weighted by Gasteiger charge is -2.03. The number of carbonyl (C=O) groups is 2. The van der Waals surface area contributed by atoms with Gasteiger partial charge in [-0.25, -0.2) is 9.78 Å². The monoisotopic (exact) mass is 342 g/mol. The van der Waals surface area contributed by atoms with Crippen molar-refractivity contribution < 1.29 is 19.1 Å². The first kappa shape index (κ1) is 15.9. The zero-order valence-corrected chi connectivity index (χ0v) is 13.6. The van der Waals surface area contributed by atoms with Crippen LogP contribution < -0.4 is 5.32 Å². The van der Waals surface area contributed by atoms with Crippen LogP contribution in [0.25, 0.3) is 11.3 Å². The highest BCUT2D eigenvalue weighted by Gasteiger charge is 2.11. The van der Waals surface area contributed by atoms with Gasteiger partial charge in [0.2, 0.25) is 11.7 Å². The SMILES string of the molecule is Cc1cnc(NC(=O)Cc2ccc(-c3ccc(C(=O)O)o3)cc2)s1. The van der Waals surface area contributed by atoms with Gasteiger partial charge >= 0.3 is 5.97 Å². The molecule has 1 amide bonds. The summed E-state index contributed by atoms with van der Waals surface area (Å²) in [4.78, 5) is 28.0. The van der Waals surface area contributed by atoms with Crippen molar-refractivity contribution in [2.24, 2.45) is 0 Å². The molecule has 0 saturated heterocycles. The molecule has 0 aliphatic rings. The van der Waals surface area contributed by atoms with E-state index in [4.69, 9.17) is 9.52 Å². The number of aromatic nitrogens is 1. The van der Waals surface area contributed by atoms with Gasteiger partial charge in [0, 0.05) is 16.6 Å². The number of carbonyl (C=O) groups excluding carboxylic acids is 1. The number of benzene rings is 1. The zero-order valence-electron chi connectivity index (χ0n) is 12.8. The maximum absolute atomic E-state index is 12.0. The second-order valence-corrected chi connectivity index (χ2v) is 6.40. The molecule has 7 heteroatoms. The van der Waals surface area contributed by atoms with Crippen molar-refractivity contribution in [2.45, 2.75) is 13.3 Å². The van der Waals surface area contributed by atoms with E-state index in [2.05, 4.69) is 10.3 Å². The Bertz CT molecular complexity index is 880. The quantitative estimate of drug-likeness (QED) is 0.739. The molecular formula is C17H14N2O4S. The number of aryl methyl sites for hydroxylation is 1. The fourth-order valence-electron chi connectivity index (χ4n) is 2.16. The Morgan fingerprint density at radius 3 is 2.54 bits per heavy atom. The van der Waals surface area contributed by atoms with Gasteiger partial charge in [0.05, 0.1) is 6.42 Å². The van der Waals surface area contributed by atoms with Crippen LogP contribution in [0.1, 0.15) is 21.0 Å². The molecule has 0 fully saturated rings. The molecule has 0 aliphatic carbocycles. The molecule has 0 spiro atoms. The minimum Gasteiger partial charge on any atom is -0.475 e. The van der Waals surface area contributed by atoms with Crippen molar-refractivity contribution in [1.29, 1.82) is 0 Å². The van der Waals surface area contributed by atoms with Crippen LogP contribution in [0.2, 0.25) is 0 Å². The minimum absolute atomic E-state index is 0.104. The molecule has 0 bridgehead atoms. The molecule has 6 nitrogen and oxygen atoms in total. The first-order chi connectivity index (χ1) is 11.5. The normalized spacial score (nSPS) is 10.5. The van der Waals surface area contributed by atoms with Gasteiger partial charge in [0.25, 0.3) is 0 Å². The van der Waals surface area contributed by atoms with Crippen LogP contribution in [0.5, 0.6) is 0 Å². The number of carboxylic acids is 1. The molecular weight excluding hydrogens is 328 g/mol. The number of amides is 1. The predicted molar refractivity (Wildman–Crippen MR) is 90.3 cm³/mol. The summed E-state index contributed by atoms with van der Waals surface area (Å²) in [6.07, 6.45) is 1.95. The predicted octanol–water partition coefficient (Wildman–Crippen LogP) is 3.59. The molecule has 122 valence electrons. The van der Waals surface area contributed by atoms with Crippen molar-refractivity contribution in [1.82, 2.24) is 4.98 Å². The lowest BCUT2D eigenvalue weighted by Crippen LogP contribution is -2.14. The van der Waals surface area contributed by atoms with Crippen LogP contribution in [0.3, 0.4) is 0 Å². The van der Waals surface area contributed by atoms with E-state index in [-0.39, 0.29) is 18.1 Å². The molecule has 2 aromatic heterocycles. The molecule has 0 atom stereocenters. The van der Waals surface area contributed by atoms with E-state index in [1.807, 2.05) is 19.1 Å². The highest BCUT2D eigenvalue weighted by molar-refractivity contribution is 7.15. The first-order valence-electron chi connectivity index (χ1n) is 7.16. The molecule has 0 saturated carbocycles. The number of nitrogens with one attached hydrogen (secondary N) is 1. The Morgan fingerprint density at radius 1 is 1.21 bits per heavy atom. The summed E-state index contributed by atoms with van der Waals surface area (Å²) < 4.78 is 5.25. The smallest absolute Gasteiger partial charge is 0.371 e. The molecule has 1 aromatic carbocycles. The summed E-state index contributed by atoms with van der Waals surface area (Å²) in [5.74, 6) is -0.871. The van der Waals surface area contributed by atoms with Crippen LogP contribution >= 0.6 is 11.3 Å². The summed E-state index contributed by atoms with van der Waals surface area (Å²) in [7, 11) is 0. The van der Waals surface area contributed by atoms with E-state index in [9.17, 15) is 9.59 Å². The van der Waals surface area contributed by atoms with Crippen molar-refractivity contribution in [3.63, 3.8) is 0 Å². The van der Waals surface area contributed by atoms with Crippen molar-refractivity contribution in [2.75, 3.05) is 5.32 Å². The number of hydrogen-bond donors (Lipinski definition) is 2. The molecule has 2 N–H and O–H groups in total. The van der Waals surface area contributed by atoms with Gasteiger partial charge in [-0.1, -0.05) is 24.3 Å². The maximum atomic E-state index is 12.0. The third kappa shape index (κ3) is 3.69. The van der Waals surface area contributed by atoms with Crippen LogP contribution in [-0.4, -0.2) is 22.0 Å². The molecule has 24 heavy (non-hydrogen) atoms. The number of furan rings is 1. The third-order valence-electron chi connectivity index (χ3n) is 3.29. The standard InChI is InChI=1S/C17H14N2O4S/c1-10-9-18-17(24-10)19-15(20)8-11-2-4-12(5-3-11)13-6-7-14(23-13)16(21)22/h2-7,9H,8H2,1H3,(H,21,22)(H,18,19,20). The molecule has 0 aliphatic heterocycles.